The molecule has 0 amide bonds. The number of benzene rings is 8. The molecule has 0 unspecified atom stereocenters. The molecule has 0 N–H and O–H groups in total. The average molecular weight is 1650 g/mol. The Bertz CT molecular complexity index is 3830. The zero-order chi connectivity index (χ0) is 89.7. The molecule has 8 aromatic carbocycles. The van der Waals surface area contributed by atoms with E-state index < -0.39 is 92.2 Å². The maximum absolute atomic E-state index is 7.07. The molecule has 0 heterocycles. The molecule has 0 fully saturated rings. The third-order valence-corrected chi connectivity index (χ3v) is 24.1. The highest BCUT2D eigenvalue weighted by Crippen LogP contribution is 2.58. The standard InChI is InChI=1S/C104H144O16/c1-97(2,3)57-41-65-81(105-25)66(42-57)90(114-34)68-44-59(99(7,8)9)46-70(83(68)107-27)92(116-36)72-48-61(101(13,14)15)50-74(85(72)109-29)94(118-38)76-52-63(103(19,20)21)54-78(87(76)111-31)96(120-40)80-56-64(104(22,23)24)55-79(88(80)112-32)95(119-39)77-53-62(102(16,17)18)51-75(86(77)110-30)93(117-37)73-49-60(100(10,11)12)47-71(84(73)108-28)91(115-35)69-45-58(98(4,5)6)43-67(82(69)106-26)89(65)113-33/h41-56,89-96H,1-40H3. The van der Waals surface area contributed by atoms with Crippen molar-refractivity contribution in [1.82, 2.24) is 0 Å². The zero-order valence-electron chi connectivity index (χ0n) is 80.4. The molecule has 0 aliphatic heterocycles. The van der Waals surface area contributed by atoms with E-state index in [1.807, 2.05) is 0 Å². The molecule has 0 atom stereocenters. The molecule has 8 aromatic rings. The van der Waals surface area contributed by atoms with E-state index in [0.29, 0.717) is 46.0 Å². The van der Waals surface area contributed by atoms with Crippen molar-refractivity contribution < 1.29 is 75.8 Å². The first-order valence-corrected chi connectivity index (χ1v) is 41.9. The van der Waals surface area contributed by atoms with Crippen LogP contribution in [0.5, 0.6) is 46.0 Å². The number of fused-ring (bicyclic) bond motifs is 16. The zero-order valence-corrected chi connectivity index (χ0v) is 80.4. The van der Waals surface area contributed by atoms with Gasteiger partial charge in [0.25, 0.3) is 0 Å². The van der Waals surface area contributed by atoms with E-state index in [-0.39, 0.29) is 0 Å². The summed E-state index contributed by atoms with van der Waals surface area (Å²) in [6, 6.07) is 35.3. The number of rotatable bonds is 16. The van der Waals surface area contributed by atoms with Crippen LogP contribution in [-0.4, -0.2) is 114 Å². The second-order valence-electron chi connectivity index (χ2n) is 40.4. The molecule has 16 bridgehead atoms. The lowest BCUT2D eigenvalue weighted by atomic mass is 9.77. The Labute approximate surface area is 720 Å². The van der Waals surface area contributed by atoms with E-state index in [2.05, 4.69) is 263 Å². The molecular formula is C104H144O16. The first-order chi connectivity index (χ1) is 55.9. The van der Waals surface area contributed by atoms with Gasteiger partial charge in [-0.05, 0) is 185 Å². The lowest BCUT2D eigenvalue weighted by molar-refractivity contribution is 0.115. The quantitative estimate of drug-likeness (QED) is 0.0902. The van der Waals surface area contributed by atoms with Crippen molar-refractivity contribution in [2.24, 2.45) is 0 Å². The summed E-state index contributed by atoms with van der Waals surface area (Å²) >= 11 is 0. The van der Waals surface area contributed by atoms with Crippen LogP contribution in [0.15, 0.2) is 97.1 Å². The molecule has 0 radical (unpaired) electrons. The molecule has 656 valence electrons. The minimum absolute atomic E-state index is 0.445. The van der Waals surface area contributed by atoms with Crippen LogP contribution in [0.1, 0.15) is 349 Å². The maximum Gasteiger partial charge on any atom is 0.131 e. The van der Waals surface area contributed by atoms with E-state index in [9.17, 15) is 0 Å². The van der Waals surface area contributed by atoms with Crippen molar-refractivity contribution in [1.29, 1.82) is 0 Å². The fraction of sp³-hybridized carbons (Fsp3) is 0.538. The average Bonchev–Trinajstić information content (AvgIpc) is 0.743. The van der Waals surface area contributed by atoms with Crippen molar-refractivity contribution in [3.05, 3.63) is 231 Å². The number of hydrogen-bond donors (Lipinski definition) is 0. The summed E-state index contributed by atoms with van der Waals surface area (Å²) in [6.45, 7) is 53.2. The minimum atomic E-state index is -0.847. The maximum atomic E-state index is 7.07. The second kappa shape index (κ2) is 36.3. The van der Waals surface area contributed by atoms with Crippen LogP contribution in [-0.2, 0) is 81.2 Å². The van der Waals surface area contributed by atoms with Gasteiger partial charge in [-0.1, -0.05) is 166 Å². The van der Waals surface area contributed by atoms with E-state index in [1.54, 1.807) is 114 Å². The van der Waals surface area contributed by atoms with Crippen LogP contribution in [0.3, 0.4) is 0 Å². The first-order valence-electron chi connectivity index (χ1n) is 41.9. The highest BCUT2D eigenvalue weighted by Gasteiger charge is 2.43. The van der Waals surface area contributed by atoms with Gasteiger partial charge in [-0.15, -0.1) is 0 Å². The molecule has 9 rings (SSSR count). The molecular weight excluding hydrogens is 1510 g/mol. The van der Waals surface area contributed by atoms with Gasteiger partial charge in [0.15, 0.2) is 0 Å². The monoisotopic (exact) mass is 1650 g/mol. The van der Waals surface area contributed by atoms with Crippen LogP contribution in [0, 0.1) is 0 Å². The molecule has 0 spiro atoms. The van der Waals surface area contributed by atoms with Crippen LogP contribution in [0.25, 0.3) is 0 Å². The molecule has 16 heteroatoms. The first kappa shape index (κ1) is 95.7. The normalized spacial score (nSPS) is 18.6. The SMILES string of the molecule is COc1c2cc(C(C)(C)C)cc1C(OC)c1cc(C(C)(C)C)cc(c1OC)C(OC)c1cc(C(C)(C)C)cc(c1OC)C(OC)c1cc(C(C)(C)C)cc(c1OC)C(OC)c1cc(C(C)(C)C)cc(c1OC)C(OC)c1cc(C(C)(C)C)cc(c1OC)C(OC)c1cc(C(C)(C)C)cc(c1OC)C(OC)c1cc(C(C)(C)C)cc(c1OC)C2OC. The summed E-state index contributed by atoms with van der Waals surface area (Å²) in [5.41, 5.74) is 16.2. The number of hydrogen-bond acceptors (Lipinski definition) is 16. The van der Waals surface area contributed by atoms with E-state index in [1.165, 1.54) is 0 Å². The van der Waals surface area contributed by atoms with Gasteiger partial charge in [-0.2, -0.15) is 0 Å². The van der Waals surface area contributed by atoms with Crippen molar-refractivity contribution in [2.45, 2.75) is 258 Å². The summed E-state index contributed by atoms with van der Waals surface area (Å²) in [7, 11) is 27.6. The predicted molar refractivity (Wildman–Crippen MR) is 484 cm³/mol. The minimum Gasteiger partial charge on any atom is -0.496 e. The van der Waals surface area contributed by atoms with Gasteiger partial charge in [0.2, 0.25) is 0 Å². The Balaban J connectivity index is 1.59. The van der Waals surface area contributed by atoms with Crippen LogP contribution in [0.2, 0.25) is 0 Å². The molecule has 1 aliphatic rings. The molecule has 0 saturated carbocycles. The van der Waals surface area contributed by atoms with Crippen molar-refractivity contribution in [2.75, 3.05) is 114 Å². The fourth-order valence-electron chi connectivity index (χ4n) is 17.2. The highest BCUT2D eigenvalue weighted by molar-refractivity contribution is 5.67. The molecule has 0 aromatic heterocycles. The van der Waals surface area contributed by atoms with Crippen LogP contribution >= 0.6 is 0 Å². The Hall–Kier alpha value is -8.16. The van der Waals surface area contributed by atoms with Crippen LogP contribution < -0.4 is 37.9 Å². The van der Waals surface area contributed by atoms with Gasteiger partial charge in [0.05, 0.1) is 56.9 Å². The number of ether oxygens (including phenoxy) is 16. The van der Waals surface area contributed by atoms with E-state index in [4.69, 9.17) is 75.8 Å². The Kier molecular flexibility index (Phi) is 29.0. The van der Waals surface area contributed by atoms with Crippen molar-refractivity contribution in [3.8, 4) is 46.0 Å². The van der Waals surface area contributed by atoms with E-state index in [0.717, 1.165) is 134 Å². The van der Waals surface area contributed by atoms with Gasteiger partial charge in [0, 0.05) is 146 Å². The Morgan fingerprint density at radius 1 is 0.133 bits per heavy atom. The summed E-state index contributed by atoms with van der Waals surface area (Å²) in [6.07, 6.45) is -6.78. The predicted octanol–water partition coefficient (Wildman–Crippen LogP) is 24.3. The highest BCUT2D eigenvalue weighted by atomic mass is 16.5. The van der Waals surface area contributed by atoms with Crippen molar-refractivity contribution in [3.63, 3.8) is 0 Å². The van der Waals surface area contributed by atoms with Gasteiger partial charge in [0.1, 0.15) is 94.8 Å². The van der Waals surface area contributed by atoms with E-state index >= 15 is 0 Å². The summed E-state index contributed by atoms with van der Waals surface area (Å²) in [5, 5.41) is 0. The fourth-order valence-corrected chi connectivity index (χ4v) is 17.2. The largest absolute Gasteiger partial charge is 0.496 e. The Morgan fingerprint density at radius 3 is 0.242 bits per heavy atom. The lowest BCUT2D eigenvalue weighted by Crippen LogP contribution is -2.22. The second-order valence-corrected chi connectivity index (χ2v) is 40.4. The molecule has 120 heavy (non-hydrogen) atoms. The van der Waals surface area contributed by atoms with Gasteiger partial charge in [-0.3, -0.25) is 0 Å². The topological polar surface area (TPSA) is 148 Å². The lowest BCUT2D eigenvalue weighted by Gasteiger charge is -2.34. The third-order valence-electron chi connectivity index (χ3n) is 24.1. The Morgan fingerprint density at radius 2 is 0.200 bits per heavy atom. The molecule has 16 nitrogen and oxygen atoms in total. The molecule has 0 saturated heterocycles. The summed E-state index contributed by atoms with van der Waals surface area (Å²) in [4.78, 5) is 0. The van der Waals surface area contributed by atoms with Crippen molar-refractivity contribution >= 4 is 0 Å². The number of methoxy groups -OCH3 is 16. The van der Waals surface area contributed by atoms with Gasteiger partial charge < -0.3 is 75.8 Å². The summed E-state index contributed by atoms with van der Waals surface area (Å²) in [5.74, 6) is 4.31. The molecule has 1 aliphatic carbocycles. The van der Waals surface area contributed by atoms with Gasteiger partial charge >= 0.3 is 0 Å². The third kappa shape index (κ3) is 18.7. The smallest absolute Gasteiger partial charge is 0.131 e. The van der Waals surface area contributed by atoms with Crippen LogP contribution in [0.4, 0.5) is 0 Å². The summed E-state index contributed by atoms with van der Waals surface area (Å²) < 4.78 is 112. The van der Waals surface area contributed by atoms with Gasteiger partial charge in [-0.25, -0.2) is 0 Å².